The van der Waals surface area contributed by atoms with Crippen molar-refractivity contribution < 1.29 is 0 Å². The Morgan fingerprint density at radius 2 is 1.23 bits per heavy atom. The summed E-state index contributed by atoms with van der Waals surface area (Å²) in [6.07, 6.45) is 0. The van der Waals surface area contributed by atoms with Crippen molar-refractivity contribution in [2.75, 3.05) is 0 Å². The van der Waals surface area contributed by atoms with Crippen LogP contribution in [0.25, 0.3) is 0 Å². The molecule has 0 heterocycles. The van der Waals surface area contributed by atoms with Crippen LogP contribution in [-0.2, 0) is 0 Å². The van der Waals surface area contributed by atoms with E-state index in [1.54, 1.807) is 0 Å². The van der Waals surface area contributed by atoms with Crippen LogP contribution >= 0.6 is 0 Å². The molecule has 13 heavy (non-hydrogen) atoms. The molecular formula is C9H25Si4. The second-order valence-electron chi connectivity index (χ2n) is 6.26. The molecule has 0 aromatic rings. The first-order valence-electron chi connectivity index (χ1n) is 5.21. The highest BCUT2D eigenvalue weighted by atomic mass is 29.6. The van der Waals surface area contributed by atoms with Crippen molar-refractivity contribution in [3.8, 4) is 0 Å². The highest BCUT2D eigenvalue weighted by Gasteiger charge is 2.48. The van der Waals surface area contributed by atoms with Gasteiger partial charge in [0.2, 0.25) is 0 Å². The van der Waals surface area contributed by atoms with Crippen molar-refractivity contribution in [2.45, 2.75) is 57.9 Å². The third kappa shape index (κ3) is 2.91. The maximum absolute atomic E-state index is 3.66. The highest BCUT2D eigenvalue weighted by Crippen LogP contribution is 2.31. The van der Waals surface area contributed by atoms with Gasteiger partial charge in [0.05, 0.1) is 0 Å². The lowest BCUT2D eigenvalue weighted by Crippen LogP contribution is -2.68. The van der Waals surface area contributed by atoms with E-state index in [9.17, 15) is 0 Å². The first kappa shape index (κ1) is 13.9. The maximum Gasteiger partial charge on any atom is 0.0384 e. The molecule has 0 bridgehead atoms. The quantitative estimate of drug-likeness (QED) is 0.665. The second-order valence-corrected chi connectivity index (χ2v) is 36.3. The summed E-state index contributed by atoms with van der Waals surface area (Å²) in [5.74, 6) is 0. The van der Waals surface area contributed by atoms with Crippen LogP contribution in [0.2, 0.25) is 57.9 Å². The van der Waals surface area contributed by atoms with E-state index >= 15 is 0 Å². The van der Waals surface area contributed by atoms with Gasteiger partial charge in [-0.15, -0.1) is 0 Å². The lowest BCUT2D eigenvalue weighted by molar-refractivity contribution is 1.37. The molecule has 3 radical (unpaired) electrons. The van der Waals surface area contributed by atoms with Crippen LogP contribution < -0.4 is 0 Å². The topological polar surface area (TPSA) is 0 Å². The van der Waals surface area contributed by atoms with E-state index < -0.39 is 22.3 Å². The van der Waals surface area contributed by atoms with Crippen LogP contribution in [0.1, 0.15) is 0 Å². The molecule has 0 saturated heterocycles. The van der Waals surface area contributed by atoms with Crippen molar-refractivity contribution in [2.24, 2.45) is 0 Å². The van der Waals surface area contributed by atoms with E-state index in [1.807, 2.05) is 0 Å². The molecule has 0 aliphatic heterocycles. The van der Waals surface area contributed by atoms with Crippen molar-refractivity contribution in [1.29, 1.82) is 0 Å². The summed E-state index contributed by atoms with van der Waals surface area (Å²) in [5.41, 5.74) is 0. The number of hydrogen-bond donors (Lipinski definition) is 0. The lowest BCUT2D eigenvalue weighted by Gasteiger charge is -2.47. The minimum atomic E-state index is -0.914. The first-order valence-corrected chi connectivity index (χ1v) is 17.6. The van der Waals surface area contributed by atoms with Crippen molar-refractivity contribution in [3.63, 3.8) is 0 Å². The number of hydrogen-bond acceptors (Lipinski definition) is 0. The molecule has 0 aromatic heterocycles. The predicted octanol–water partition coefficient (Wildman–Crippen LogP) is 3.49. The van der Waals surface area contributed by atoms with Gasteiger partial charge in [-0.3, -0.25) is 0 Å². The summed E-state index contributed by atoms with van der Waals surface area (Å²) in [4.78, 5) is 0. The van der Waals surface area contributed by atoms with Gasteiger partial charge in [-0.25, -0.2) is 0 Å². The zero-order valence-corrected chi connectivity index (χ0v) is 14.4. The molecule has 0 atom stereocenters. The SMILES string of the molecule is C[Si](C)(C)[Si](C)(C)[Si](C)(C)CC[Si]. The predicted molar refractivity (Wildman–Crippen MR) is 73.7 cm³/mol. The van der Waals surface area contributed by atoms with E-state index in [0.717, 1.165) is 0 Å². The average molecular weight is 246 g/mol. The normalized spacial score (nSPS) is 14.8. The van der Waals surface area contributed by atoms with Gasteiger partial charge in [-0.05, 0) is 0 Å². The van der Waals surface area contributed by atoms with Gasteiger partial charge in [-0.1, -0.05) is 57.9 Å². The van der Waals surface area contributed by atoms with Crippen LogP contribution in [-0.4, -0.2) is 32.5 Å². The van der Waals surface area contributed by atoms with Crippen LogP contribution in [0.4, 0.5) is 0 Å². The molecule has 0 amide bonds. The van der Waals surface area contributed by atoms with Gasteiger partial charge in [0, 0.05) is 32.5 Å². The van der Waals surface area contributed by atoms with Crippen molar-refractivity contribution >= 4 is 32.5 Å². The number of rotatable bonds is 4. The minimum absolute atomic E-state index is 0.878. The molecular weight excluding hydrogens is 220 g/mol. The van der Waals surface area contributed by atoms with Gasteiger partial charge in [0.1, 0.15) is 0 Å². The minimum Gasteiger partial charge on any atom is -0.0731 e. The van der Waals surface area contributed by atoms with E-state index in [-0.39, 0.29) is 0 Å². The highest BCUT2D eigenvalue weighted by molar-refractivity contribution is 7.68. The van der Waals surface area contributed by atoms with Crippen LogP contribution in [0.15, 0.2) is 0 Å². The van der Waals surface area contributed by atoms with E-state index in [2.05, 4.69) is 56.1 Å². The fraction of sp³-hybridized carbons (Fsp3) is 1.00. The molecule has 0 unspecified atom stereocenters. The molecule has 0 aromatic carbocycles. The Hall–Kier alpha value is 0.868. The molecule has 0 fully saturated rings. The Balaban J connectivity index is 4.81. The zero-order chi connectivity index (χ0) is 10.9. The Labute approximate surface area is 90.5 Å². The Morgan fingerprint density at radius 1 is 0.846 bits per heavy atom. The fourth-order valence-electron chi connectivity index (χ4n) is 1.64. The molecule has 0 saturated carbocycles. The first-order chi connectivity index (χ1) is 5.56. The molecule has 4 heteroatoms. The average Bonchev–Trinajstić information content (AvgIpc) is 1.84. The van der Waals surface area contributed by atoms with Gasteiger partial charge in [-0.2, -0.15) is 0 Å². The van der Waals surface area contributed by atoms with Crippen LogP contribution in [0, 0.1) is 0 Å². The van der Waals surface area contributed by atoms with Crippen molar-refractivity contribution in [3.05, 3.63) is 0 Å². The van der Waals surface area contributed by atoms with Crippen LogP contribution in [0.3, 0.4) is 0 Å². The Bertz CT molecular complexity index is 167. The zero-order valence-electron chi connectivity index (χ0n) is 10.4. The second kappa shape index (κ2) is 4.16. The Morgan fingerprint density at radius 3 is 1.46 bits per heavy atom. The fourth-order valence-corrected chi connectivity index (χ4v) is 35.3. The van der Waals surface area contributed by atoms with E-state index in [1.165, 1.54) is 12.1 Å². The summed E-state index contributed by atoms with van der Waals surface area (Å²) < 4.78 is 0. The van der Waals surface area contributed by atoms with Crippen LogP contribution in [0.5, 0.6) is 0 Å². The monoisotopic (exact) mass is 245 g/mol. The molecule has 0 aliphatic carbocycles. The van der Waals surface area contributed by atoms with Gasteiger partial charge in [0.25, 0.3) is 0 Å². The van der Waals surface area contributed by atoms with E-state index in [0.29, 0.717) is 0 Å². The third-order valence-corrected chi connectivity index (χ3v) is 48.7. The summed E-state index contributed by atoms with van der Waals surface area (Å²) in [7, 11) is 0.964. The summed E-state index contributed by atoms with van der Waals surface area (Å²) in [6, 6.07) is 2.67. The summed E-state index contributed by atoms with van der Waals surface area (Å²) in [6.45, 7) is 18.2. The van der Waals surface area contributed by atoms with E-state index in [4.69, 9.17) is 0 Å². The summed E-state index contributed by atoms with van der Waals surface area (Å²) >= 11 is 0. The van der Waals surface area contributed by atoms with Crippen molar-refractivity contribution in [1.82, 2.24) is 0 Å². The smallest absolute Gasteiger partial charge is 0.0384 e. The lowest BCUT2D eigenvalue weighted by atomic mass is 10.9. The maximum atomic E-state index is 3.66. The standard InChI is InChI=1S/C9H25Si4/c1-11(2,3)13(6,7)12(4,5)9-8-10/h8-9H2,1-7H3. The van der Waals surface area contributed by atoms with Gasteiger partial charge < -0.3 is 0 Å². The van der Waals surface area contributed by atoms with Gasteiger partial charge in [0.15, 0.2) is 0 Å². The van der Waals surface area contributed by atoms with Gasteiger partial charge >= 0.3 is 0 Å². The molecule has 0 rings (SSSR count). The largest absolute Gasteiger partial charge is 0.0731 e. The molecule has 77 valence electrons. The molecule has 0 spiro atoms. The third-order valence-electron chi connectivity index (χ3n) is 4.32. The molecule has 0 aliphatic rings. The Kier molecular flexibility index (Phi) is 4.44. The summed E-state index contributed by atoms with van der Waals surface area (Å²) in [5, 5.41) is 0. The molecule has 0 nitrogen and oxygen atoms in total. The molecule has 0 N–H and O–H groups in total.